The van der Waals surface area contributed by atoms with E-state index in [2.05, 4.69) is 65.1 Å². The Labute approximate surface area is 242 Å². The van der Waals surface area contributed by atoms with E-state index in [-0.39, 0.29) is 12.1 Å². The number of aromatic nitrogens is 1. The van der Waals surface area contributed by atoms with Gasteiger partial charge >= 0.3 is 0 Å². The SMILES string of the molecule is C=CCN1CCN(C2c3ccc(C=O)n3Cc3ccccc3N2C(=O)c2ccc(-c3ccccc3C)c(C)c2)CC1. The minimum atomic E-state index is -0.345. The van der Waals surface area contributed by atoms with E-state index in [9.17, 15) is 9.59 Å². The molecule has 1 saturated heterocycles. The van der Waals surface area contributed by atoms with Gasteiger partial charge in [0.15, 0.2) is 6.29 Å². The maximum absolute atomic E-state index is 14.7. The van der Waals surface area contributed by atoms with E-state index in [0.717, 1.165) is 67.1 Å². The van der Waals surface area contributed by atoms with Crippen LogP contribution in [0.2, 0.25) is 0 Å². The van der Waals surface area contributed by atoms with Crippen molar-refractivity contribution < 1.29 is 9.59 Å². The van der Waals surface area contributed by atoms with Gasteiger partial charge < -0.3 is 4.57 Å². The molecule has 0 aliphatic carbocycles. The van der Waals surface area contributed by atoms with Crippen LogP contribution in [0.4, 0.5) is 5.69 Å². The van der Waals surface area contributed by atoms with Gasteiger partial charge in [0.1, 0.15) is 6.17 Å². The number of carbonyl (C=O) groups is 2. The Kier molecular flexibility index (Phi) is 7.43. The summed E-state index contributed by atoms with van der Waals surface area (Å²) in [6.07, 6.45) is 2.51. The first kappa shape index (κ1) is 26.9. The highest BCUT2D eigenvalue weighted by Crippen LogP contribution is 2.39. The smallest absolute Gasteiger partial charge is 0.259 e. The molecule has 6 rings (SSSR count). The summed E-state index contributed by atoms with van der Waals surface area (Å²) in [4.78, 5) is 33.5. The van der Waals surface area contributed by atoms with Crippen LogP contribution in [0.1, 0.15) is 49.4 Å². The number of aryl methyl sites for hydroxylation is 2. The third kappa shape index (κ3) is 4.94. The van der Waals surface area contributed by atoms with Crippen molar-refractivity contribution in [2.45, 2.75) is 26.6 Å². The standard InChI is InChI=1S/C35H36N4O2/c1-4-17-36-18-20-37(21-19-36)34-33-16-14-29(24-40)38(33)23-28-10-6-8-12-32(28)39(34)35(41)27-13-15-31(26(3)22-27)30-11-7-5-9-25(30)2/h4-16,22,24,34H,1,17-21,23H2,2-3H3. The molecule has 2 aliphatic rings. The van der Waals surface area contributed by atoms with Gasteiger partial charge in [-0.3, -0.25) is 24.3 Å². The van der Waals surface area contributed by atoms with Gasteiger partial charge in [-0.1, -0.05) is 54.6 Å². The molecule has 6 nitrogen and oxygen atoms in total. The number of fused-ring (bicyclic) bond motifs is 2. The minimum absolute atomic E-state index is 0.0438. The van der Waals surface area contributed by atoms with Crippen molar-refractivity contribution in [3.8, 4) is 11.1 Å². The average Bonchev–Trinajstić information content (AvgIpc) is 3.32. The highest BCUT2D eigenvalue weighted by Gasteiger charge is 2.39. The van der Waals surface area contributed by atoms with Crippen molar-refractivity contribution in [1.29, 1.82) is 0 Å². The number of hydrogen-bond donors (Lipinski definition) is 0. The highest BCUT2D eigenvalue weighted by molar-refractivity contribution is 6.07. The lowest BCUT2D eigenvalue weighted by Gasteiger charge is -2.43. The van der Waals surface area contributed by atoms with E-state index >= 15 is 0 Å². The molecule has 0 saturated carbocycles. The quantitative estimate of drug-likeness (QED) is 0.218. The lowest BCUT2D eigenvalue weighted by Crippen LogP contribution is -2.53. The van der Waals surface area contributed by atoms with Crippen LogP contribution in [0.25, 0.3) is 11.1 Å². The maximum atomic E-state index is 14.7. The molecule has 0 bridgehead atoms. The molecule has 0 spiro atoms. The summed E-state index contributed by atoms with van der Waals surface area (Å²) in [7, 11) is 0. The predicted octanol–water partition coefficient (Wildman–Crippen LogP) is 6.10. The summed E-state index contributed by atoms with van der Waals surface area (Å²) in [5.41, 5.74) is 8.72. The first-order valence-electron chi connectivity index (χ1n) is 14.3. The third-order valence-electron chi connectivity index (χ3n) is 8.53. The van der Waals surface area contributed by atoms with E-state index < -0.39 is 0 Å². The van der Waals surface area contributed by atoms with E-state index in [0.29, 0.717) is 17.8 Å². The Morgan fingerprint density at radius 1 is 0.878 bits per heavy atom. The minimum Gasteiger partial charge on any atom is -0.335 e. The summed E-state index contributed by atoms with van der Waals surface area (Å²) < 4.78 is 2.08. The van der Waals surface area contributed by atoms with Crippen LogP contribution in [-0.2, 0) is 6.54 Å². The summed E-state index contributed by atoms with van der Waals surface area (Å²) in [6, 6.07) is 26.4. The van der Waals surface area contributed by atoms with E-state index in [4.69, 9.17) is 0 Å². The van der Waals surface area contributed by atoms with Gasteiger partial charge in [-0.05, 0) is 72.0 Å². The Morgan fingerprint density at radius 2 is 1.61 bits per heavy atom. The number of carbonyl (C=O) groups excluding carboxylic acids is 2. The Balaban J connectivity index is 1.46. The van der Waals surface area contributed by atoms with Gasteiger partial charge in [0.25, 0.3) is 5.91 Å². The molecular weight excluding hydrogens is 508 g/mol. The molecule has 1 aromatic heterocycles. The lowest BCUT2D eigenvalue weighted by atomic mass is 9.95. The first-order valence-corrected chi connectivity index (χ1v) is 14.3. The second-order valence-corrected chi connectivity index (χ2v) is 11.0. The van der Waals surface area contributed by atoms with E-state index in [1.54, 1.807) is 0 Å². The first-order chi connectivity index (χ1) is 20.0. The van der Waals surface area contributed by atoms with Crippen molar-refractivity contribution in [3.63, 3.8) is 0 Å². The number of para-hydroxylation sites is 1. The number of nitrogens with zero attached hydrogens (tertiary/aromatic N) is 4. The fraction of sp³-hybridized carbons (Fsp3) is 0.257. The molecule has 1 unspecified atom stereocenters. The van der Waals surface area contributed by atoms with Crippen LogP contribution in [0.15, 0.2) is 91.5 Å². The van der Waals surface area contributed by atoms with Crippen LogP contribution < -0.4 is 4.90 Å². The van der Waals surface area contributed by atoms with Crippen LogP contribution in [0.3, 0.4) is 0 Å². The molecular formula is C35H36N4O2. The molecule has 41 heavy (non-hydrogen) atoms. The fourth-order valence-corrected chi connectivity index (χ4v) is 6.38. The number of benzene rings is 3. The van der Waals surface area contributed by atoms with Gasteiger partial charge in [-0.2, -0.15) is 0 Å². The van der Waals surface area contributed by atoms with Crippen LogP contribution in [-0.4, -0.2) is 59.3 Å². The second kappa shape index (κ2) is 11.3. The summed E-state index contributed by atoms with van der Waals surface area (Å²) in [6.45, 7) is 12.9. The zero-order valence-electron chi connectivity index (χ0n) is 23.8. The number of piperazine rings is 1. The Bertz CT molecular complexity index is 1610. The number of hydrogen-bond acceptors (Lipinski definition) is 4. The molecule has 3 heterocycles. The van der Waals surface area contributed by atoms with Crippen molar-refractivity contribution in [1.82, 2.24) is 14.4 Å². The largest absolute Gasteiger partial charge is 0.335 e. The molecule has 4 aromatic rings. The molecule has 2 aliphatic heterocycles. The topological polar surface area (TPSA) is 48.8 Å². The lowest BCUT2D eigenvalue weighted by molar-refractivity contribution is 0.0793. The van der Waals surface area contributed by atoms with E-state index in [1.165, 1.54) is 11.1 Å². The molecule has 1 amide bonds. The zero-order chi connectivity index (χ0) is 28.5. The van der Waals surface area contributed by atoms with Crippen molar-refractivity contribution in [2.24, 2.45) is 0 Å². The third-order valence-corrected chi connectivity index (χ3v) is 8.53. The summed E-state index contributed by atoms with van der Waals surface area (Å²) >= 11 is 0. The fourth-order valence-electron chi connectivity index (χ4n) is 6.38. The van der Waals surface area contributed by atoms with Gasteiger partial charge in [-0.15, -0.1) is 6.58 Å². The molecule has 3 aromatic carbocycles. The zero-order valence-corrected chi connectivity index (χ0v) is 23.8. The summed E-state index contributed by atoms with van der Waals surface area (Å²) in [5, 5.41) is 0. The Hall–Kier alpha value is -4.26. The number of anilines is 1. The Morgan fingerprint density at radius 3 is 2.34 bits per heavy atom. The normalized spacial score (nSPS) is 17.4. The average molecular weight is 545 g/mol. The second-order valence-electron chi connectivity index (χ2n) is 11.0. The molecule has 6 heteroatoms. The number of aldehydes is 1. The molecule has 1 fully saturated rings. The van der Waals surface area contributed by atoms with Crippen LogP contribution >= 0.6 is 0 Å². The molecule has 208 valence electrons. The van der Waals surface area contributed by atoms with Gasteiger partial charge in [0.2, 0.25) is 0 Å². The predicted molar refractivity (Wildman–Crippen MR) is 164 cm³/mol. The molecule has 0 radical (unpaired) electrons. The highest BCUT2D eigenvalue weighted by atomic mass is 16.2. The van der Waals surface area contributed by atoms with Crippen LogP contribution in [0, 0.1) is 13.8 Å². The van der Waals surface area contributed by atoms with Gasteiger partial charge in [0, 0.05) is 38.3 Å². The maximum Gasteiger partial charge on any atom is 0.259 e. The van der Waals surface area contributed by atoms with Crippen LogP contribution in [0.5, 0.6) is 0 Å². The van der Waals surface area contributed by atoms with Gasteiger partial charge in [0.05, 0.1) is 23.6 Å². The summed E-state index contributed by atoms with van der Waals surface area (Å²) in [5.74, 6) is -0.0438. The van der Waals surface area contributed by atoms with E-state index in [1.807, 2.05) is 59.5 Å². The van der Waals surface area contributed by atoms with Crippen molar-refractivity contribution in [3.05, 3.63) is 125 Å². The number of rotatable bonds is 6. The number of amides is 1. The molecule has 1 atom stereocenters. The van der Waals surface area contributed by atoms with Gasteiger partial charge in [-0.25, -0.2) is 0 Å². The van der Waals surface area contributed by atoms with Crippen molar-refractivity contribution >= 4 is 17.9 Å². The monoisotopic (exact) mass is 544 g/mol. The van der Waals surface area contributed by atoms with Crippen molar-refractivity contribution in [2.75, 3.05) is 37.6 Å². The molecule has 0 N–H and O–H groups in total.